The highest BCUT2D eigenvalue weighted by Gasteiger charge is 2.22. The normalized spacial score (nSPS) is 11.6. The highest BCUT2D eigenvalue weighted by atomic mass is 32.1. The summed E-state index contributed by atoms with van der Waals surface area (Å²) in [5, 5.41) is 3.13. The summed E-state index contributed by atoms with van der Waals surface area (Å²) < 4.78 is 8.73. The highest BCUT2D eigenvalue weighted by Crippen LogP contribution is 2.44. The number of hydrogen-bond donors (Lipinski definition) is 0. The van der Waals surface area contributed by atoms with E-state index < -0.39 is 0 Å². The Morgan fingerprint density at radius 1 is 0.393 bits per heavy atom. The van der Waals surface area contributed by atoms with E-state index in [1.165, 1.54) is 0 Å². The average molecular weight is 736 g/mol. The van der Waals surface area contributed by atoms with Crippen molar-refractivity contribution in [3.05, 3.63) is 176 Å². The fourth-order valence-corrected chi connectivity index (χ4v) is 8.76. The zero-order valence-electron chi connectivity index (χ0n) is 29.8. The lowest BCUT2D eigenvalue weighted by molar-refractivity contribution is 0.667. The van der Waals surface area contributed by atoms with E-state index >= 15 is 0 Å². The van der Waals surface area contributed by atoms with Gasteiger partial charge in [0.25, 0.3) is 0 Å². The molecule has 0 spiro atoms. The van der Waals surface area contributed by atoms with Gasteiger partial charge in [0.05, 0.1) is 0 Å². The summed E-state index contributed by atoms with van der Waals surface area (Å²) in [6.07, 6.45) is 0. The van der Waals surface area contributed by atoms with Crippen molar-refractivity contribution in [3.63, 3.8) is 0 Å². The van der Waals surface area contributed by atoms with Gasteiger partial charge in [0.15, 0.2) is 28.9 Å². The quantitative estimate of drug-likeness (QED) is 0.169. The van der Waals surface area contributed by atoms with Crippen molar-refractivity contribution < 1.29 is 4.42 Å². The van der Waals surface area contributed by atoms with E-state index in [1.807, 2.05) is 84.9 Å². The van der Waals surface area contributed by atoms with Crippen LogP contribution in [0.3, 0.4) is 0 Å². The third-order valence-electron chi connectivity index (χ3n) is 10.2. The molecule has 7 aromatic carbocycles. The maximum Gasteiger partial charge on any atom is 0.180 e. The SMILES string of the molecule is c1ccc(-c2cccc(-c3nc(-c4cccc5c4sc4cccc(-c6nc(-c7ccccc7)nc(-c7ccccc7)n6)c45)nc4c3oc3ccccc34)c2)cc1. The predicted octanol–water partition coefficient (Wildman–Crippen LogP) is 12.9. The van der Waals surface area contributed by atoms with Crippen LogP contribution in [0, 0.1) is 0 Å². The Morgan fingerprint density at radius 2 is 0.946 bits per heavy atom. The molecule has 0 N–H and O–H groups in total. The molecule has 4 heterocycles. The van der Waals surface area contributed by atoms with Crippen LogP contribution >= 0.6 is 11.3 Å². The van der Waals surface area contributed by atoms with Gasteiger partial charge in [-0.1, -0.05) is 146 Å². The van der Waals surface area contributed by atoms with Crippen molar-refractivity contribution in [2.24, 2.45) is 0 Å². The van der Waals surface area contributed by atoms with Gasteiger partial charge in [0.1, 0.15) is 16.8 Å². The van der Waals surface area contributed by atoms with Crippen LogP contribution in [-0.2, 0) is 0 Å². The van der Waals surface area contributed by atoms with Gasteiger partial charge >= 0.3 is 0 Å². The Hall–Kier alpha value is -7.35. The molecule has 0 fully saturated rings. The minimum absolute atomic E-state index is 0.622. The molecule has 0 radical (unpaired) electrons. The van der Waals surface area contributed by atoms with Crippen molar-refractivity contribution in [2.45, 2.75) is 0 Å². The topological polar surface area (TPSA) is 77.6 Å². The summed E-state index contributed by atoms with van der Waals surface area (Å²) in [7, 11) is 0. The summed E-state index contributed by atoms with van der Waals surface area (Å²) >= 11 is 1.73. The van der Waals surface area contributed by atoms with E-state index in [0.29, 0.717) is 28.9 Å². The Bertz CT molecular complexity index is 3190. The minimum atomic E-state index is 0.622. The Balaban J connectivity index is 1.13. The number of aromatic nitrogens is 5. The van der Waals surface area contributed by atoms with Gasteiger partial charge in [-0.25, -0.2) is 24.9 Å². The molecule has 6 nitrogen and oxygen atoms in total. The number of rotatable bonds is 6. The monoisotopic (exact) mass is 735 g/mol. The number of benzene rings is 7. The second-order valence-corrected chi connectivity index (χ2v) is 14.7. The van der Waals surface area contributed by atoms with Gasteiger partial charge in [-0.05, 0) is 41.5 Å². The number of thiophene rings is 1. The van der Waals surface area contributed by atoms with Crippen LogP contribution in [0.15, 0.2) is 180 Å². The van der Waals surface area contributed by atoms with Crippen LogP contribution in [0.1, 0.15) is 0 Å². The summed E-state index contributed by atoms with van der Waals surface area (Å²) in [5.41, 5.74) is 9.96. The van der Waals surface area contributed by atoms with Gasteiger partial charge in [-0.2, -0.15) is 0 Å². The molecule has 7 heteroatoms. The molecular weight excluding hydrogens is 707 g/mol. The minimum Gasteiger partial charge on any atom is -0.452 e. The van der Waals surface area contributed by atoms with E-state index in [0.717, 1.165) is 81.3 Å². The number of fused-ring (bicyclic) bond motifs is 6. The van der Waals surface area contributed by atoms with Gasteiger partial charge < -0.3 is 4.42 Å². The largest absolute Gasteiger partial charge is 0.452 e. The van der Waals surface area contributed by atoms with Crippen LogP contribution in [0.4, 0.5) is 0 Å². The lowest BCUT2D eigenvalue weighted by Gasteiger charge is -2.10. The maximum absolute atomic E-state index is 6.52. The molecular formula is C49H29N5OS. The first-order valence-electron chi connectivity index (χ1n) is 18.4. The molecule has 0 aliphatic rings. The second-order valence-electron chi connectivity index (χ2n) is 13.6. The van der Waals surface area contributed by atoms with Gasteiger partial charge in [-0.15, -0.1) is 11.3 Å². The molecule has 0 aliphatic heterocycles. The third kappa shape index (κ3) is 5.44. The van der Waals surface area contributed by atoms with Crippen LogP contribution in [0.5, 0.6) is 0 Å². The van der Waals surface area contributed by atoms with Crippen molar-refractivity contribution >= 4 is 53.6 Å². The predicted molar refractivity (Wildman–Crippen MR) is 228 cm³/mol. The van der Waals surface area contributed by atoms with Crippen molar-refractivity contribution in [1.29, 1.82) is 0 Å². The summed E-state index contributed by atoms with van der Waals surface area (Å²) in [4.78, 5) is 25.7. The molecule has 0 saturated carbocycles. The van der Waals surface area contributed by atoms with Crippen molar-refractivity contribution in [1.82, 2.24) is 24.9 Å². The number of para-hydroxylation sites is 1. The van der Waals surface area contributed by atoms with E-state index in [2.05, 4.69) is 91.0 Å². The fraction of sp³-hybridized carbons (Fsp3) is 0. The molecule has 11 rings (SSSR count). The maximum atomic E-state index is 6.52. The van der Waals surface area contributed by atoms with Crippen LogP contribution < -0.4 is 0 Å². The molecule has 56 heavy (non-hydrogen) atoms. The van der Waals surface area contributed by atoms with E-state index in [-0.39, 0.29) is 0 Å². The molecule has 0 amide bonds. The molecule has 0 bridgehead atoms. The molecule has 262 valence electrons. The molecule has 4 aromatic heterocycles. The third-order valence-corrected chi connectivity index (χ3v) is 11.4. The fourth-order valence-electron chi connectivity index (χ4n) is 7.52. The Kier molecular flexibility index (Phi) is 7.57. The first kappa shape index (κ1) is 32.1. The standard InChI is InChI=1S/C49H29N5OS/c1-4-15-30(16-5-1)33-21-12-22-34(29-33)42-44-43(35-23-10-11-27-39(35)55-44)51-49(50-42)38-26-13-24-36-41-37(25-14-28-40(41)56-45(36)38)48-53-46(31-17-6-2-7-18-31)52-47(54-48)32-19-8-3-9-20-32/h1-29H. The first-order valence-corrected chi connectivity index (χ1v) is 19.2. The van der Waals surface area contributed by atoms with Crippen LogP contribution in [0.25, 0.3) is 110 Å². The summed E-state index contributed by atoms with van der Waals surface area (Å²) in [6.45, 7) is 0. The Morgan fingerprint density at radius 3 is 1.70 bits per heavy atom. The van der Waals surface area contributed by atoms with Gasteiger partial charge in [-0.3, -0.25) is 0 Å². The van der Waals surface area contributed by atoms with Crippen LogP contribution in [-0.4, -0.2) is 24.9 Å². The van der Waals surface area contributed by atoms with Crippen molar-refractivity contribution in [2.75, 3.05) is 0 Å². The second kappa shape index (κ2) is 13.2. The summed E-state index contributed by atoms with van der Waals surface area (Å²) in [5.74, 6) is 2.52. The zero-order chi connectivity index (χ0) is 37.0. The van der Waals surface area contributed by atoms with Gasteiger partial charge in [0, 0.05) is 53.4 Å². The Labute approximate surface area is 325 Å². The zero-order valence-corrected chi connectivity index (χ0v) is 30.6. The molecule has 0 aliphatic carbocycles. The average Bonchev–Trinajstić information content (AvgIpc) is 3.86. The first-order chi connectivity index (χ1) is 27.7. The van der Waals surface area contributed by atoms with E-state index in [4.69, 9.17) is 29.3 Å². The number of hydrogen-bond acceptors (Lipinski definition) is 7. The van der Waals surface area contributed by atoms with Crippen LogP contribution in [0.2, 0.25) is 0 Å². The highest BCUT2D eigenvalue weighted by molar-refractivity contribution is 7.26. The smallest absolute Gasteiger partial charge is 0.180 e. The van der Waals surface area contributed by atoms with E-state index in [1.54, 1.807) is 11.3 Å². The van der Waals surface area contributed by atoms with E-state index in [9.17, 15) is 0 Å². The number of furan rings is 1. The van der Waals surface area contributed by atoms with Crippen molar-refractivity contribution in [3.8, 4) is 67.9 Å². The number of nitrogens with zero attached hydrogens (tertiary/aromatic N) is 5. The molecule has 0 saturated heterocycles. The lowest BCUT2D eigenvalue weighted by Crippen LogP contribution is -2.00. The lowest BCUT2D eigenvalue weighted by atomic mass is 10.0. The molecule has 11 aromatic rings. The molecule has 0 atom stereocenters. The summed E-state index contributed by atoms with van der Waals surface area (Å²) in [6, 6.07) is 59.9. The molecule has 0 unspecified atom stereocenters. The van der Waals surface area contributed by atoms with Gasteiger partial charge in [0.2, 0.25) is 0 Å².